The molecule has 1 fully saturated rings. The first-order valence-corrected chi connectivity index (χ1v) is 6.98. The number of carbonyl (C=O) groups is 1. The Kier molecular flexibility index (Phi) is 3.14. The molecule has 1 N–H and O–H groups in total. The van der Waals surface area contributed by atoms with Crippen LogP contribution >= 0.6 is 7.14 Å². The Balaban J connectivity index is 2.55. The number of hydrogen-bond donors (Lipinski definition) is 1. The number of hydrogen-bond acceptors (Lipinski definition) is 4. The molecule has 5 heteroatoms. The van der Waals surface area contributed by atoms with Crippen LogP contribution in [0.1, 0.15) is 6.42 Å². The number of nitrogens with one attached hydrogen (secondary N) is 1. The van der Waals surface area contributed by atoms with E-state index in [0.29, 0.717) is 13.0 Å². The lowest BCUT2D eigenvalue weighted by Crippen LogP contribution is -2.31. The van der Waals surface area contributed by atoms with E-state index in [-0.39, 0.29) is 17.7 Å². The molecule has 0 bridgehead atoms. The number of methoxy groups -OCH3 is 1. The molecule has 0 aromatic rings. The Morgan fingerprint density at radius 2 is 2.15 bits per heavy atom. The average molecular weight is 205 g/mol. The lowest BCUT2D eigenvalue weighted by Gasteiger charge is -2.13. The molecule has 0 amide bonds. The van der Waals surface area contributed by atoms with Crippen molar-refractivity contribution in [1.82, 2.24) is 5.32 Å². The highest BCUT2D eigenvalue weighted by molar-refractivity contribution is 7.63. The average Bonchev–Trinajstić information content (AvgIpc) is 2.50. The van der Waals surface area contributed by atoms with Gasteiger partial charge in [0.1, 0.15) is 6.04 Å². The summed E-state index contributed by atoms with van der Waals surface area (Å²) in [5.74, 6) is -0.254. The second kappa shape index (κ2) is 3.81. The van der Waals surface area contributed by atoms with E-state index in [4.69, 9.17) is 0 Å². The van der Waals surface area contributed by atoms with E-state index < -0.39 is 7.14 Å². The number of rotatable bonds is 2. The zero-order chi connectivity index (χ0) is 10.1. The molecule has 1 aliphatic heterocycles. The molecule has 1 aliphatic rings. The van der Waals surface area contributed by atoms with Gasteiger partial charge in [0.25, 0.3) is 0 Å². The van der Waals surface area contributed by atoms with Crippen LogP contribution < -0.4 is 5.32 Å². The van der Waals surface area contributed by atoms with E-state index in [2.05, 4.69) is 10.1 Å². The third-order valence-electron chi connectivity index (χ3n) is 2.47. The molecule has 1 rings (SSSR count). The predicted molar refractivity (Wildman–Crippen MR) is 51.7 cm³/mol. The summed E-state index contributed by atoms with van der Waals surface area (Å²) in [5.41, 5.74) is 0.122. The molecule has 0 saturated carbocycles. The van der Waals surface area contributed by atoms with Gasteiger partial charge < -0.3 is 14.6 Å². The van der Waals surface area contributed by atoms with E-state index >= 15 is 0 Å². The molecule has 0 aliphatic carbocycles. The molecule has 4 nitrogen and oxygen atoms in total. The summed E-state index contributed by atoms with van der Waals surface area (Å²) in [4.78, 5) is 11.1. The molecule has 76 valence electrons. The first-order valence-electron chi connectivity index (χ1n) is 4.31. The van der Waals surface area contributed by atoms with E-state index in [1.54, 1.807) is 13.3 Å². The van der Waals surface area contributed by atoms with Crippen molar-refractivity contribution in [3.63, 3.8) is 0 Å². The second-order valence-corrected chi connectivity index (χ2v) is 7.41. The molecule has 1 heterocycles. The fraction of sp³-hybridized carbons (Fsp3) is 0.875. The van der Waals surface area contributed by atoms with Crippen molar-refractivity contribution in [2.45, 2.75) is 18.1 Å². The molecule has 2 atom stereocenters. The smallest absolute Gasteiger partial charge is 0.322 e. The van der Waals surface area contributed by atoms with Crippen molar-refractivity contribution in [3.8, 4) is 0 Å². The Morgan fingerprint density at radius 3 is 2.54 bits per heavy atom. The zero-order valence-corrected chi connectivity index (χ0v) is 9.14. The van der Waals surface area contributed by atoms with Gasteiger partial charge in [0.2, 0.25) is 0 Å². The lowest BCUT2D eigenvalue weighted by atomic mass is 10.2. The molecule has 13 heavy (non-hydrogen) atoms. The van der Waals surface area contributed by atoms with Gasteiger partial charge >= 0.3 is 5.97 Å². The number of esters is 1. The fourth-order valence-electron chi connectivity index (χ4n) is 1.51. The molecule has 0 radical (unpaired) electrons. The largest absolute Gasteiger partial charge is 0.468 e. The van der Waals surface area contributed by atoms with Gasteiger partial charge in [0.15, 0.2) is 0 Å². The minimum absolute atomic E-state index is 0.122. The van der Waals surface area contributed by atoms with Gasteiger partial charge in [0.05, 0.1) is 14.3 Å². The number of carbonyl (C=O) groups excluding carboxylic acids is 1. The summed E-state index contributed by atoms with van der Waals surface area (Å²) in [6.07, 6.45) is 0.636. The van der Waals surface area contributed by atoms with E-state index in [1.165, 1.54) is 7.11 Å². The van der Waals surface area contributed by atoms with Crippen molar-refractivity contribution in [2.24, 2.45) is 0 Å². The van der Waals surface area contributed by atoms with E-state index in [9.17, 15) is 9.36 Å². The molecular weight excluding hydrogens is 189 g/mol. The third-order valence-corrected chi connectivity index (χ3v) is 4.62. The summed E-state index contributed by atoms with van der Waals surface area (Å²) in [6.45, 7) is 4.18. The van der Waals surface area contributed by atoms with Gasteiger partial charge in [-0.3, -0.25) is 4.79 Å². The zero-order valence-electron chi connectivity index (χ0n) is 8.24. The minimum atomic E-state index is -2.07. The van der Waals surface area contributed by atoms with Crippen LogP contribution in [0.25, 0.3) is 0 Å². The standard InChI is InChI=1S/C8H16NO3P/c1-12-8(10)7-4-6(5-9-7)13(2,3)11/h6-7,9H,4-5H2,1-3H3/t6-,7-/m1/s1. The molecule has 0 unspecified atom stereocenters. The molecule has 0 aromatic carbocycles. The predicted octanol–water partition coefficient (Wildman–Crippen LogP) is 0.513. The van der Waals surface area contributed by atoms with Crippen molar-refractivity contribution in [1.29, 1.82) is 0 Å². The Labute approximate surface area is 78.4 Å². The third kappa shape index (κ3) is 2.55. The van der Waals surface area contributed by atoms with Crippen LogP contribution in [0.15, 0.2) is 0 Å². The van der Waals surface area contributed by atoms with Crippen LogP contribution in [0, 0.1) is 0 Å². The first kappa shape index (κ1) is 10.7. The highest BCUT2D eigenvalue weighted by atomic mass is 31.2. The van der Waals surface area contributed by atoms with Crippen LogP contribution in [-0.4, -0.2) is 44.7 Å². The second-order valence-electron chi connectivity index (χ2n) is 3.81. The van der Waals surface area contributed by atoms with Crippen molar-refractivity contribution in [3.05, 3.63) is 0 Å². The topological polar surface area (TPSA) is 55.4 Å². The summed E-state index contributed by atoms with van der Waals surface area (Å²) in [6, 6.07) is -0.261. The van der Waals surface area contributed by atoms with Gasteiger partial charge in [-0.25, -0.2) is 0 Å². The van der Waals surface area contributed by atoms with Gasteiger partial charge in [-0.2, -0.15) is 0 Å². The van der Waals surface area contributed by atoms with Crippen LogP contribution in [0.5, 0.6) is 0 Å². The first-order chi connectivity index (χ1) is 5.95. The number of ether oxygens (including phenoxy) is 1. The van der Waals surface area contributed by atoms with E-state index in [0.717, 1.165) is 0 Å². The van der Waals surface area contributed by atoms with Gasteiger partial charge in [-0.05, 0) is 19.8 Å². The van der Waals surface area contributed by atoms with Crippen LogP contribution in [0.3, 0.4) is 0 Å². The molecular formula is C8H16NO3P. The Hall–Kier alpha value is -0.340. The fourth-order valence-corrected chi connectivity index (χ4v) is 2.78. The molecule has 0 aromatic heterocycles. The maximum absolute atomic E-state index is 11.7. The normalized spacial score (nSPS) is 28.8. The molecule has 0 spiro atoms. The molecule has 1 saturated heterocycles. The lowest BCUT2D eigenvalue weighted by molar-refractivity contribution is -0.142. The van der Waals surface area contributed by atoms with Crippen LogP contribution in [0.2, 0.25) is 0 Å². The van der Waals surface area contributed by atoms with Crippen molar-refractivity contribution < 1.29 is 14.1 Å². The SMILES string of the molecule is COC(=O)[C@H]1C[C@@H](P(C)(C)=O)CN1. The Morgan fingerprint density at radius 1 is 1.54 bits per heavy atom. The summed E-state index contributed by atoms with van der Waals surface area (Å²) >= 11 is 0. The van der Waals surface area contributed by atoms with Crippen molar-refractivity contribution >= 4 is 13.1 Å². The monoisotopic (exact) mass is 205 g/mol. The summed E-state index contributed by atoms with van der Waals surface area (Å²) < 4.78 is 16.3. The van der Waals surface area contributed by atoms with Gasteiger partial charge in [0, 0.05) is 12.2 Å². The van der Waals surface area contributed by atoms with Crippen LogP contribution in [0.4, 0.5) is 0 Å². The van der Waals surface area contributed by atoms with Gasteiger partial charge in [-0.15, -0.1) is 0 Å². The van der Waals surface area contributed by atoms with E-state index in [1.807, 2.05) is 0 Å². The highest BCUT2D eigenvalue weighted by Gasteiger charge is 2.35. The summed E-state index contributed by atoms with van der Waals surface area (Å²) in [7, 11) is -0.701. The van der Waals surface area contributed by atoms with Gasteiger partial charge in [-0.1, -0.05) is 0 Å². The highest BCUT2D eigenvalue weighted by Crippen LogP contribution is 2.46. The van der Waals surface area contributed by atoms with Crippen molar-refractivity contribution in [2.75, 3.05) is 27.0 Å². The maximum atomic E-state index is 11.7. The van der Waals surface area contributed by atoms with Crippen LogP contribution in [-0.2, 0) is 14.1 Å². The quantitative estimate of drug-likeness (QED) is 0.527. The Bertz CT molecular complexity index is 248. The summed E-state index contributed by atoms with van der Waals surface area (Å²) in [5, 5.41) is 3.02. The maximum Gasteiger partial charge on any atom is 0.322 e. The minimum Gasteiger partial charge on any atom is -0.468 e.